The molecule has 0 unspecified atom stereocenters. The van der Waals surface area contributed by atoms with E-state index in [9.17, 15) is 0 Å². The molecule has 18 heavy (non-hydrogen) atoms. The van der Waals surface area contributed by atoms with Crippen LogP contribution < -0.4 is 0 Å². The van der Waals surface area contributed by atoms with Gasteiger partial charge in [-0.1, -0.05) is 12.1 Å². The van der Waals surface area contributed by atoms with Crippen molar-refractivity contribution in [3.8, 4) is 11.1 Å². The summed E-state index contributed by atoms with van der Waals surface area (Å²) in [5, 5.41) is 0. The van der Waals surface area contributed by atoms with Crippen molar-refractivity contribution in [1.82, 2.24) is 9.97 Å². The normalized spacial score (nSPS) is 16.1. The van der Waals surface area contributed by atoms with E-state index in [1.807, 2.05) is 0 Å². The molecule has 0 N–H and O–H groups in total. The van der Waals surface area contributed by atoms with E-state index in [2.05, 4.69) is 35.1 Å². The third-order valence-electron chi connectivity index (χ3n) is 3.05. The third kappa shape index (κ3) is 2.12. The van der Waals surface area contributed by atoms with Gasteiger partial charge in [0.1, 0.15) is 6.33 Å². The first kappa shape index (κ1) is 11.3. The molecule has 0 amide bonds. The van der Waals surface area contributed by atoms with Crippen molar-refractivity contribution < 1.29 is 9.47 Å². The molecule has 0 bridgehead atoms. The molecule has 1 aromatic heterocycles. The number of aryl methyl sites for hydroxylation is 1. The standard InChI is InChI=1S/C14H14N2O2/c1-10-2-3-11(12-7-15-9-16-8-12)6-13(10)14-17-4-5-18-14/h2-3,6-9,14H,4-5H2,1H3. The first-order valence-electron chi connectivity index (χ1n) is 5.94. The SMILES string of the molecule is Cc1ccc(-c2cncnc2)cc1C1OCCO1. The van der Waals surface area contributed by atoms with E-state index in [-0.39, 0.29) is 6.29 Å². The largest absolute Gasteiger partial charge is 0.346 e. The molecule has 4 nitrogen and oxygen atoms in total. The summed E-state index contributed by atoms with van der Waals surface area (Å²) in [6.45, 7) is 3.37. The van der Waals surface area contributed by atoms with E-state index in [4.69, 9.17) is 9.47 Å². The monoisotopic (exact) mass is 242 g/mol. The topological polar surface area (TPSA) is 44.2 Å². The number of hydrogen-bond acceptors (Lipinski definition) is 4. The van der Waals surface area contributed by atoms with Crippen molar-refractivity contribution >= 4 is 0 Å². The van der Waals surface area contributed by atoms with Crippen LogP contribution in [0.15, 0.2) is 36.9 Å². The van der Waals surface area contributed by atoms with Gasteiger partial charge in [-0.15, -0.1) is 0 Å². The molecular formula is C14H14N2O2. The lowest BCUT2D eigenvalue weighted by atomic mass is 10.0. The first-order valence-corrected chi connectivity index (χ1v) is 5.94. The molecule has 92 valence electrons. The Morgan fingerprint density at radius 1 is 1.06 bits per heavy atom. The Balaban J connectivity index is 2.00. The fraction of sp³-hybridized carbons (Fsp3) is 0.286. The van der Waals surface area contributed by atoms with Gasteiger partial charge in [0.05, 0.1) is 13.2 Å². The molecule has 0 saturated carbocycles. The summed E-state index contributed by atoms with van der Waals surface area (Å²) in [6, 6.07) is 6.22. The van der Waals surface area contributed by atoms with Crippen LogP contribution in [0.4, 0.5) is 0 Å². The summed E-state index contributed by atoms with van der Waals surface area (Å²) >= 11 is 0. The Morgan fingerprint density at radius 3 is 2.50 bits per heavy atom. The van der Waals surface area contributed by atoms with Crippen LogP contribution in [0.5, 0.6) is 0 Å². The maximum Gasteiger partial charge on any atom is 0.184 e. The van der Waals surface area contributed by atoms with Crippen LogP contribution in [-0.2, 0) is 9.47 Å². The fourth-order valence-corrected chi connectivity index (χ4v) is 2.06. The minimum Gasteiger partial charge on any atom is -0.346 e. The van der Waals surface area contributed by atoms with Gasteiger partial charge in [0, 0.05) is 23.5 Å². The molecule has 1 saturated heterocycles. The maximum absolute atomic E-state index is 5.56. The highest BCUT2D eigenvalue weighted by atomic mass is 16.7. The Morgan fingerprint density at radius 2 is 1.78 bits per heavy atom. The molecule has 0 aliphatic carbocycles. The second kappa shape index (κ2) is 4.84. The lowest BCUT2D eigenvalue weighted by Crippen LogP contribution is -2.01. The van der Waals surface area contributed by atoms with Crippen molar-refractivity contribution in [2.45, 2.75) is 13.2 Å². The van der Waals surface area contributed by atoms with Gasteiger partial charge in [-0.3, -0.25) is 0 Å². The average molecular weight is 242 g/mol. The predicted octanol–water partition coefficient (Wildman–Crippen LogP) is 2.50. The molecule has 3 rings (SSSR count). The van der Waals surface area contributed by atoms with Gasteiger partial charge in [0.15, 0.2) is 6.29 Å². The molecule has 2 heterocycles. The fourth-order valence-electron chi connectivity index (χ4n) is 2.06. The summed E-state index contributed by atoms with van der Waals surface area (Å²) in [7, 11) is 0. The summed E-state index contributed by atoms with van der Waals surface area (Å²) in [4.78, 5) is 8.07. The smallest absolute Gasteiger partial charge is 0.184 e. The highest BCUT2D eigenvalue weighted by molar-refractivity contribution is 5.63. The van der Waals surface area contributed by atoms with Gasteiger partial charge >= 0.3 is 0 Å². The molecule has 0 atom stereocenters. The van der Waals surface area contributed by atoms with Gasteiger partial charge in [0.2, 0.25) is 0 Å². The molecule has 1 aliphatic heterocycles. The van der Waals surface area contributed by atoms with Crippen molar-refractivity contribution in [1.29, 1.82) is 0 Å². The van der Waals surface area contributed by atoms with Crippen molar-refractivity contribution in [3.05, 3.63) is 48.0 Å². The summed E-state index contributed by atoms with van der Waals surface area (Å²) < 4.78 is 11.1. The van der Waals surface area contributed by atoms with Crippen LogP contribution in [0, 0.1) is 6.92 Å². The lowest BCUT2D eigenvalue weighted by molar-refractivity contribution is -0.0445. The van der Waals surface area contributed by atoms with Gasteiger partial charge in [-0.05, 0) is 24.1 Å². The Bertz CT molecular complexity index is 537. The van der Waals surface area contributed by atoms with E-state index in [1.54, 1.807) is 12.4 Å². The van der Waals surface area contributed by atoms with Crippen LogP contribution in [-0.4, -0.2) is 23.2 Å². The van der Waals surface area contributed by atoms with Gasteiger partial charge < -0.3 is 9.47 Å². The van der Waals surface area contributed by atoms with Crippen LogP contribution >= 0.6 is 0 Å². The predicted molar refractivity (Wildman–Crippen MR) is 66.9 cm³/mol. The Kier molecular flexibility index (Phi) is 3.04. The maximum atomic E-state index is 5.56. The lowest BCUT2D eigenvalue weighted by Gasteiger charge is -2.14. The van der Waals surface area contributed by atoms with E-state index in [0.717, 1.165) is 16.7 Å². The Hall–Kier alpha value is -1.78. The van der Waals surface area contributed by atoms with E-state index in [1.165, 1.54) is 11.9 Å². The summed E-state index contributed by atoms with van der Waals surface area (Å²) in [5.74, 6) is 0. The zero-order chi connectivity index (χ0) is 12.4. The molecule has 4 heteroatoms. The zero-order valence-electron chi connectivity index (χ0n) is 10.2. The molecule has 1 aromatic carbocycles. The third-order valence-corrected chi connectivity index (χ3v) is 3.05. The minimum atomic E-state index is -0.241. The molecule has 0 spiro atoms. The van der Waals surface area contributed by atoms with Gasteiger partial charge in [0.25, 0.3) is 0 Å². The van der Waals surface area contributed by atoms with E-state index in [0.29, 0.717) is 13.2 Å². The van der Waals surface area contributed by atoms with Crippen molar-refractivity contribution in [3.63, 3.8) is 0 Å². The minimum absolute atomic E-state index is 0.241. The molecule has 0 radical (unpaired) electrons. The number of rotatable bonds is 2. The van der Waals surface area contributed by atoms with Crippen LogP contribution in [0.25, 0.3) is 11.1 Å². The number of nitrogens with zero attached hydrogens (tertiary/aromatic N) is 2. The van der Waals surface area contributed by atoms with Crippen LogP contribution in [0.3, 0.4) is 0 Å². The molecule has 2 aromatic rings. The molecule has 1 fully saturated rings. The second-order valence-electron chi connectivity index (χ2n) is 4.27. The number of hydrogen-bond donors (Lipinski definition) is 0. The zero-order valence-corrected chi connectivity index (χ0v) is 10.2. The Labute approximate surface area is 106 Å². The van der Waals surface area contributed by atoms with Crippen molar-refractivity contribution in [2.75, 3.05) is 13.2 Å². The first-order chi connectivity index (χ1) is 8.84. The highest BCUT2D eigenvalue weighted by Crippen LogP contribution is 2.29. The van der Waals surface area contributed by atoms with E-state index >= 15 is 0 Å². The number of benzene rings is 1. The summed E-state index contributed by atoms with van der Waals surface area (Å²) in [5.41, 5.74) is 4.32. The number of ether oxygens (including phenoxy) is 2. The summed E-state index contributed by atoms with van der Waals surface area (Å²) in [6.07, 6.45) is 4.90. The van der Waals surface area contributed by atoms with Crippen molar-refractivity contribution in [2.24, 2.45) is 0 Å². The quantitative estimate of drug-likeness (QED) is 0.811. The molecule has 1 aliphatic rings. The van der Waals surface area contributed by atoms with Crippen LogP contribution in [0.1, 0.15) is 17.4 Å². The van der Waals surface area contributed by atoms with E-state index < -0.39 is 0 Å². The average Bonchev–Trinajstić information content (AvgIpc) is 2.94. The molecular weight excluding hydrogens is 228 g/mol. The number of aromatic nitrogens is 2. The van der Waals surface area contributed by atoms with Gasteiger partial charge in [-0.2, -0.15) is 0 Å². The van der Waals surface area contributed by atoms with Gasteiger partial charge in [-0.25, -0.2) is 9.97 Å². The highest BCUT2D eigenvalue weighted by Gasteiger charge is 2.20. The second-order valence-corrected chi connectivity index (χ2v) is 4.27. The van der Waals surface area contributed by atoms with Crippen LogP contribution in [0.2, 0.25) is 0 Å².